The summed E-state index contributed by atoms with van der Waals surface area (Å²) < 4.78 is 18.0. The molecule has 102 valence electrons. The molecule has 2 aromatic rings. The number of ketones is 1. The molecule has 0 aliphatic heterocycles. The van der Waals surface area contributed by atoms with Gasteiger partial charge in [-0.1, -0.05) is 12.1 Å². The van der Waals surface area contributed by atoms with E-state index in [9.17, 15) is 14.0 Å². The molecule has 0 saturated heterocycles. The van der Waals surface area contributed by atoms with Crippen molar-refractivity contribution < 1.29 is 23.8 Å². The van der Waals surface area contributed by atoms with E-state index in [0.717, 1.165) is 6.07 Å². The topological polar surface area (TPSA) is 63.6 Å². The fourth-order valence-electron chi connectivity index (χ4n) is 1.81. The fraction of sp³-hybridized carbons (Fsp3) is 0.0667. The van der Waals surface area contributed by atoms with Gasteiger partial charge in [-0.25, -0.2) is 9.18 Å². The van der Waals surface area contributed by atoms with Crippen LogP contribution in [0.1, 0.15) is 26.3 Å². The zero-order chi connectivity index (χ0) is 14.7. The Morgan fingerprint density at radius 3 is 2.40 bits per heavy atom. The molecule has 0 amide bonds. The minimum atomic E-state index is -1.20. The summed E-state index contributed by atoms with van der Waals surface area (Å²) in [7, 11) is 1.34. The molecule has 0 fully saturated rings. The quantitative estimate of drug-likeness (QED) is 0.871. The van der Waals surface area contributed by atoms with Gasteiger partial charge in [0.15, 0.2) is 5.78 Å². The molecule has 4 nitrogen and oxygen atoms in total. The van der Waals surface area contributed by atoms with Crippen LogP contribution < -0.4 is 4.74 Å². The van der Waals surface area contributed by atoms with Crippen LogP contribution in [-0.2, 0) is 0 Å². The van der Waals surface area contributed by atoms with Crippen molar-refractivity contribution >= 4 is 11.8 Å². The molecular formula is C15H11FO4. The monoisotopic (exact) mass is 274 g/mol. The largest absolute Gasteiger partial charge is 0.496 e. The highest BCUT2D eigenvalue weighted by Gasteiger charge is 2.16. The van der Waals surface area contributed by atoms with Crippen LogP contribution in [0.2, 0.25) is 0 Å². The van der Waals surface area contributed by atoms with Gasteiger partial charge in [0.05, 0.1) is 7.11 Å². The van der Waals surface area contributed by atoms with Crippen molar-refractivity contribution in [3.63, 3.8) is 0 Å². The Balaban J connectivity index is 2.45. The molecule has 0 aromatic heterocycles. The van der Waals surface area contributed by atoms with Gasteiger partial charge in [-0.05, 0) is 30.3 Å². The number of hydrogen-bond donors (Lipinski definition) is 1. The molecular weight excluding hydrogens is 263 g/mol. The van der Waals surface area contributed by atoms with Gasteiger partial charge in [-0.15, -0.1) is 0 Å². The molecule has 1 N–H and O–H groups in total. The third-order valence-electron chi connectivity index (χ3n) is 2.78. The molecule has 0 saturated carbocycles. The molecule has 0 aliphatic rings. The summed E-state index contributed by atoms with van der Waals surface area (Å²) in [6.07, 6.45) is 0. The second kappa shape index (κ2) is 5.52. The van der Waals surface area contributed by atoms with E-state index in [1.54, 1.807) is 0 Å². The number of rotatable bonds is 4. The Morgan fingerprint density at radius 2 is 1.80 bits per heavy atom. The van der Waals surface area contributed by atoms with Crippen molar-refractivity contribution in [2.45, 2.75) is 0 Å². The predicted molar refractivity (Wildman–Crippen MR) is 69.8 cm³/mol. The van der Waals surface area contributed by atoms with Gasteiger partial charge < -0.3 is 9.84 Å². The van der Waals surface area contributed by atoms with Crippen LogP contribution >= 0.6 is 0 Å². The summed E-state index contributed by atoms with van der Waals surface area (Å²) >= 11 is 0. The van der Waals surface area contributed by atoms with Crippen LogP contribution in [0.3, 0.4) is 0 Å². The van der Waals surface area contributed by atoms with E-state index in [-0.39, 0.29) is 22.4 Å². The van der Waals surface area contributed by atoms with E-state index in [1.165, 1.54) is 43.5 Å². The predicted octanol–water partition coefficient (Wildman–Crippen LogP) is 2.76. The number of methoxy groups -OCH3 is 1. The second-order valence-corrected chi connectivity index (χ2v) is 4.06. The lowest BCUT2D eigenvalue weighted by atomic mass is 10.0. The lowest BCUT2D eigenvalue weighted by molar-refractivity contribution is 0.0693. The summed E-state index contributed by atoms with van der Waals surface area (Å²) in [4.78, 5) is 23.3. The molecule has 0 unspecified atom stereocenters. The average molecular weight is 274 g/mol. The summed E-state index contributed by atoms with van der Waals surface area (Å²) in [6, 6.07) is 9.28. The molecule has 0 heterocycles. The first-order valence-electron chi connectivity index (χ1n) is 5.74. The maximum Gasteiger partial charge on any atom is 0.339 e. The molecule has 0 bridgehead atoms. The number of carboxylic acids is 1. The number of carboxylic acid groups (broad SMARTS) is 1. The van der Waals surface area contributed by atoms with E-state index >= 15 is 0 Å². The number of carbonyl (C=O) groups excluding carboxylic acids is 1. The molecule has 0 spiro atoms. The van der Waals surface area contributed by atoms with E-state index in [2.05, 4.69) is 0 Å². The SMILES string of the molecule is COc1ccc(C(=O)c2cccc(F)c2)cc1C(=O)O. The Kier molecular flexibility index (Phi) is 3.79. The van der Waals surface area contributed by atoms with Crippen molar-refractivity contribution in [1.82, 2.24) is 0 Å². The summed E-state index contributed by atoms with van der Waals surface area (Å²) in [5.74, 6) is -2.01. The van der Waals surface area contributed by atoms with Gasteiger partial charge in [-0.2, -0.15) is 0 Å². The lowest BCUT2D eigenvalue weighted by Crippen LogP contribution is -2.06. The third kappa shape index (κ3) is 2.66. The Morgan fingerprint density at radius 1 is 1.10 bits per heavy atom. The second-order valence-electron chi connectivity index (χ2n) is 4.06. The Labute approximate surface area is 114 Å². The smallest absolute Gasteiger partial charge is 0.339 e. The van der Waals surface area contributed by atoms with Gasteiger partial charge in [0, 0.05) is 11.1 Å². The average Bonchev–Trinajstić information content (AvgIpc) is 2.45. The highest BCUT2D eigenvalue weighted by atomic mass is 19.1. The van der Waals surface area contributed by atoms with E-state index in [1.807, 2.05) is 0 Å². The molecule has 0 radical (unpaired) electrons. The molecule has 2 rings (SSSR count). The normalized spacial score (nSPS) is 10.1. The number of halogens is 1. The van der Waals surface area contributed by atoms with Gasteiger partial charge in [0.2, 0.25) is 0 Å². The minimum Gasteiger partial charge on any atom is -0.496 e. The zero-order valence-corrected chi connectivity index (χ0v) is 10.6. The Hall–Kier alpha value is -2.69. The maximum absolute atomic E-state index is 13.1. The first kappa shape index (κ1) is 13.7. The molecule has 5 heteroatoms. The Bertz CT molecular complexity index is 679. The summed E-state index contributed by atoms with van der Waals surface area (Å²) in [5, 5.41) is 9.07. The first-order chi connectivity index (χ1) is 9.52. The summed E-state index contributed by atoms with van der Waals surface area (Å²) in [6.45, 7) is 0. The molecule has 20 heavy (non-hydrogen) atoms. The van der Waals surface area contributed by atoms with Crippen molar-refractivity contribution in [3.8, 4) is 5.75 Å². The van der Waals surface area contributed by atoms with Crippen LogP contribution in [-0.4, -0.2) is 24.0 Å². The van der Waals surface area contributed by atoms with Gasteiger partial charge in [0.25, 0.3) is 0 Å². The van der Waals surface area contributed by atoms with Crippen molar-refractivity contribution in [3.05, 3.63) is 65.0 Å². The molecule has 0 atom stereocenters. The van der Waals surface area contributed by atoms with Gasteiger partial charge in [-0.3, -0.25) is 4.79 Å². The van der Waals surface area contributed by atoms with Crippen molar-refractivity contribution in [2.24, 2.45) is 0 Å². The maximum atomic E-state index is 13.1. The number of benzene rings is 2. The van der Waals surface area contributed by atoms with Crippen LogP contribution in [0.15, 0.2) is 42.5 Å². The van der Waals surface area contributed by atoms with Crippen LogP contribution in [0, 0.1) is 5.82 Å². The standard InChI is InChI=1S/C15H11FO4/c1-20-13-6-5-10(8-12(13)15(18)19)14(17)9-3-2-4-11(16)7-9/h2-8H,1H3,(H,18,19). The van der Waals surface area contributed by atoms with Crippen molar-refractivity contribution in [1.29, 1.82) is 0 Å². The lowest BCUT2D eigenvalue weighted by Gasteiger charge is -2.07. The van der Waals surface area contributed by atoms with Crippen molar-refractivity contribution in [2.75, 3.05) is 7.11 Å². The van der Waals surface area contributed by atoms with Crippen LogP contribution in [0.5, 0.6) is 5.75 Å². The van der Waals surface area contributed by atoms with Gasteiger partial charge >= 0.3 is 5.97 Å². The zero-order valence-electron chi connectivity index (χ0n) is 10.6. The number of aromatic carboxylic acids is 1. The highest BCUT2D eigenvalue weighted by Crippen LogP contribution is 2.21. The summed E-state index contributed by atoms with van der Waals surface area (Å²) in [5.41, 5.74) is 0.204. The fourth-order valence-corrected chi connectivity index (χ4v) is 1.81. The first-order valence-corrected chi connectivity index (χ1v) is 5.74. The number of hydrogen-bond acceptors (Lipinski definition) is 3. The van der Waals surface area contributed by atoms with Gasteiger partial charge in [0.1, 0.15) is 17.1 Å². The van der Waals surface area contributed by atoms with Crippen LogP contribution in [0.25, 0.3) is 0 Å². The van der Waals surface area contributed by atoms with E-state index < -0.39 is 17.6 Å². The van der Waals surface area contributed by atoms with E-state index in [4.69, 9.17) is 9.84 Å². The minimum absolute atomic E-state index is 0.116. The molecule has 2 aromatic carbocycles. The van der Waals surface area contributed by atoms with Crippen LogP contribution in [0.4, 0.5) is 4.39 Å². The number of ether oxygens (including phenoxy) is 1. The van der Waals surface area contributed by atoms with E-state index in [0.29, 0.717) is 0 Å². The molecule has 0 aliphatic carbocycles. The highest BCUT2D eigenvalue weighted by molar-refractivity contribution is 6.10. The third-order valence-corrected chi connectivity index (χ3v) is 2.78. The number of carbonyl (C=O) groups is 2.